The van der Waals surface area contributed by atoms with Crippen molar-refractivity contribution in [3.05, 3.63) is 120 Å². The second kappa shape index (κ2) is 11.3. The van der Waals surface area contributed by atoms with Gasteiger partial charge in [0.2, 0.25) is 11.6 Å². The Balaban J connectivity index is 1.48. The van der Waals surface area contributed by atoms with Gasteiger partial charge in [-0.05, 0) is 41.3 Å². The van der Waals surface area contributed by atoms with Crippen molar-refractivity contribution in [2.45, 2.75) is 19.6 Å². The van der Waals surface area contributed by atoms with Crippen LogP contribution < -0.4 is 9.47 Å². The summed E-state index contributed by atoms with van der Waals surface area (Å²) in [6, 6.07) is 18.6. The van der Waals surface area contributed by atoms with Crippen LogP contribution in [-0.4, -0.2) is 11.7 Å². The SMILES string of the molecule is C=CCOc1ccc(OCc2ccc(-c3ccc(-c4ccc(C(C)O)cc4)c(F)c3F)cc2)c(F)c1F. The predicted molar refractivity (Wildman–Crippen MR) is 134 cm³/mol. The van der Waals surface area contributed by atoms with Crippen LogP contribution in [0.1, 0.15) is 24.2 Å². The van der Waals surface area contributed by atoms with Gasteiger partial charge in [-0.3, -0.25) is 0 Å². The quantitative estimate of drug-likeness (QED) is 0.185. The lowest BCUT2D eigenvalue weighted by Gasteiger charge is -2.12. The van der Waals surface area contributed by atoms with Crippen LogP contribution in [0.2, 0.25) is 0 Å². The van der Waals surface area contributed by atoms with E-state index in [-0.39, 0.29) is 35.8 Å². The average molecular weight is 509 g/mol. The summed E-state index contributed by atoms with van der Waals surface area (Å²) in [5.41, 5.74) is 2.41. The van der Waals surface area contributed by atoms with Crippen LogP contribution in [-0.2, 0) is 6.61 Å². The summed E-state index contributed by atoms with van der Waals surface area (Å²) in [5.74, 6) is -4.82. The number of benzene rings is 4. The van der Waals surface area contributed by atoms with Crippen molar-refractivity contribution in [1.82, 2.24) is 0 Å². The van der Waals surface area contributed by atoms with Crippen molar-refractivity contribution in [2.75, 3.05) is 6.61 Å². The Labute approximate surface area is 212 Å². The Morgan fingerprint density at radius 1 is 0.703 bits per heavy atom. The van der Waals surface area contributed by atoms with Gasteiger partial charge in [0.15, 0.2) is 23.1 Å². The Bertz CT molecular complexity index is 1400. The minimum Gasteiger partial charge on any atom is -0.486 e. The molecule has 0 aliphatic rings. The van der Waals surface area contributed by atoms with E-state index in [9.17, 15) is 22.7 Å². The maximum atomic E-state index is 15.0. The van der Waals surface area contributed by atoms with E-state index in [1.165, 1.54) is 30.3 Å². The summed E-state index contributed by atoms with van der Waals surface area (Å²) in [4.78, 5) is 0. The Kier molecular flexibility index (Phi) is 7.94. The molecule has 4 aromatic carbocycles. The monoisotopic (exact) mass is 508 g/mol. The number of rotatable bonds is 9. The molecule has 1 unspecified atom stereocenters. The number of hydrogen-bond acceptors (Lipinski definition) is 3. The van der Waals surface area contributed by atoms with Crippen molar-refractivity contribution in [2.24, 2.45) is 0 Å². The lowest BCUT2D eigenvalue weighted by atomic mass is 9.97. The highest BCUT2D eigenvalue weighted by Crippen LogP contribution is 2.33. The molecule has 0 aliphatic heterocycles. The Hall–Kier alpha value is -4.10. The van der Waals surface area contributed by atoms with E-state index in [0.717, 1.165) is 0 Å². The molecule has 0 fully saturated rings. The highest BCUT2D eigenvalue weighted by molar-refractivity contribution is 5.72. The van der Waals surface area contributed by atoms with Gasteiger partial charge in [0.25, 0.3) is 0 Å². The second-order valence-electron chi connectivity index (χ2n) is 8.36. The Morgan fingerprint density at radius 2 is 1.19 bits per heavy atom. The zero-order chi connectivity index (χ0) is 26.5. The first-order valence-corrected chi connectivity index (χ1v) is 11.5. The Morgan fingerprint density at radius 3 is 1.68 bits per heavy atom. The van der Waals surface area contributed by atoms with Crippen LogP contribution in [0, 0.1) is 23.3 Å². The third-order valence-corrected chi connectivity index (χ3v) is 5.81. The molecular weight excluding hydrogens is 484 g/mol. The topological polar surface area (TPSA) is 38.7 Å². The molecule has 37 heavy (non-hydrogen) atoms. The highest BCUT2D eigenvalue weighted by atomic mass is 19.2. The van der Waals surface area contributed by atoms with Crippen molar-refractivity contribution in [3.8, 4) is 33.8 Å². The molecule has 0 aliphatic carbocycles. The molecule has 4 rings (SSSR count). The summed E-state index contributed by atoms with van der Waals surface area (Å²) in [5, 5.41) is 9.64. The fourth-order valence-corrected chi connectivity index (χ4v) is 3.76. The standard InChI is InChI=1S/C30H24F4O3/c1-3-16-36-25-14-15-26(30(34)29(25)33)37-17-19-4-6-21(7-5-19)23-12-13-24(28(32)27(23)31)22-10-8-20(9-11-22)18(2)35/h3-15,18,35H,1,16-17H2,2H3. The van der Waals surface area contributed by atoms with Crippen LogP contribution >= 0.6 is 0 Å². The first-order chi connectivity index (χ1) is 17.8. The first kappa shape index (κ1) is 26.0. The molecule has 3 nitrogen and oxygen atoms in total. The van der Waals surface area contributed by atoms with Crippen molar-refractivity contribution in [3.63, 3.8) is 0 Å². The maximum Gasteiger partial charge on any atom is 0.204 e. The maximum absolute atomic E-state index is 15.0. The van der Waals surface area contributed by atoms with Crippen LogP contribution in [0.5, 0.6) is 11.5 Å². The molecule has 7 heteroatoms. The zero-order valence-corrected chi connectivity index (χ0v) is 20.0. The van der Waals surface area contributed by atoms with E-state index in [0.29, 0.717) is 22.3 Å². The lowest BCUT2D eigenvalue weighted by molar-refractivity contribution is 0.199. The van der Waals surface area contributed by atoms with E-state index in [4.69, 9.17) is 9.47 Å². The van der Waals surface area contributed by atoms with Gasteiger partial charge in [0.1, 0.15) is 13.2 Å². The molecule has 1 atom stereocenters. The summed E-state index contributed by atoms with van der Waals surface area (Å²) >= 11 is 0. The van der Waals surface area contributed by atoms with Gasteiger partial charge in [-0.25, -0.2) is 8.78 Å². The molecule has 190 valence electrons. The summed E-state index contributed by atoms with van der Waals surface area (Å²) in [6.45, 7) is 5.04. The number of aliphatic hydroxyl groups excluding tert-OH is 1. The largest absolute Gasteiger partial charge is 0.486 e. The van der Waals surface area contributed by atoms with Crippen molar-refractivity contribution < 1.29 is 32.1 Å². The molecule has 0 aromatic heterocycles. The first-order valence-electron chi connectivity index (χ1n) is 11.5. The smallest absolute Gasteiger partial charge is 0.204 e. The van der Waals surface area contributed by atoms with Gasteiger partial charge in [0, 0.05) is 11.1 Å². The minimum atomic E-state index is -1.17. The van der Waals surface area contributed by atoms with Gasteiger partial charge in [-0.2, -0.15) is 8.78 Å². The third kappa shape index (κ3) is 5.67. The average Bonchev–Trinajstić information content (AvgIpc) is 2.91. The zero-order valence-electron chi connectivity index (χ0n) is 20.0. The second-order valence-corrected chi connectivity index (χ2v) is 8.36. The normalized spacial score (nSPS) is 11.7. The molecule has 0 saturated heterocycles. The van der Waals surface area contributed by atoms with Crippen LogP contribution in [0.15, 0.2) is 85.5 Å². The molecule has 4 aromatic rings. The number of aliphatic hydroxyl groups is 1. The third-order valence-electron chi connectivity index (χ3n) is 5.81. The summed E-state index contributed by atoms with van der Waals surface area (Å²) in [6.07, 6.45) is 0.756. The van der Waals surface area contributed by atoms with Gasteiger partial charge < -0.3 is 14.6 Å². The number of hydrogen-bond donors (Lipinski definition) is 1. The fraction of sp³-hybridized carbons (Fsp3) is 0.133. The molecule has 0 heterocycles. The van der Waals surface area contributed by atoms with Crippen molar-refractivity contribution >= 4 is 0 Å². The van der Waals surface area contributed by atoms with E-state index in [2.05, 4.69) is 6.58 Å². The molecule has 0 amide bonds. The summed E-state index contributed by atoms with van der Waals surface area (Å²) < 4.78 is 68.7. The van der Waals surface area contributed by atoms with E-state index < -0.39 is 29.4 Å². The number of halogens is 4. The fourth-order valence-electron chi connectivity index (χ4n) is 3.76. The van der Waals surface area contributed by atoms with Gasteiger partial charge in [-0.15, -0.1) is 0 Å². The predicted octanol–water partition coefficient (Wildman–Crippen LogP) is 7.77. The van der Waals surface area contributed by atoms with Gasteiger partial charge in [0.05, 0.1) is 6.10 Å². The van der Waals surface area contributed by atoms with Gasteiger partial charge >= 0.3 is 0 Å². The van der Waals surface area contributed by atoms with E-state index in [1.807, 2.05) is 0 Å². The lowest BCUT2D eigenvalue weighted by Crippen LogP contribution is -2.02. The molecule has 0 saturated carbocycles. The molecule has 0 radical (unpaired) electrons. The van der Waals surface area contributed by atoms with Crippen LogP contribution in [0.25, 0.3) is 22.3 Å². The van der Waals surface area contributed by atoms with Gasteiger partial charge in [-0.1, -0.05) is 73.3 Å². The number of ether oxygens (including phenoxy) is 2. The molecule has 0 spiro atoms. The van der Waals surface area contributed by atoms with E-state index >= 15 is 0 Å². The van der Waals surface area contributed by atoms with Crippen LogP contribution in [0.4, 0.5) is 17.6 Å². The molecular formula is C30H24F4O3. The highest BCUT2D eigenvalue weighted by Gasteiger charge is 2.18. The minimum absolute atomic E-state index is 0.0349. The van der Waals surface area contributed by atoms with Crippen LogP contribution in [0.3, 0.4) is 0 Å². The molecule has 1 N–H and O–H groups in total. The van der Waals surface area contributed by atoms with E-state index in [1.54, 1.807) is 55.5 Å². The molecule has 0 bridgehead atoms. The summed E-state index contributed by atoms with van der Waals surface area (Å²) in [7, 11) is 0. The van der Waals surface area contributed by atoms with Crippen molar-refractivity contribution in [1.29, 1.82) is 0 Å².